The van der Waals surface area contributed by atoms with Crippen LogP contribution in [0.2, 0.25) is 0 Å². The van der Waals surface area contributed by atoms with Crippen LogP contribution in [0.3, 0.4) is 0 Å². The highest BCUT2D eigenvalue weighted by Crippen LogP contribution is 2.42. The Morgan fingerprint density at radius 3 is 2.40 bits per heavy atom. The van der Waals surface area contributed by atoms with Crippen LogP contribution in [0.25, 0.3) is 11.3 Å². The number of halogens is 4. The molecule has 0 saturated carbocycles. The van der Waals surface area contributed by atoms with E-state index in [1.165, 1.54) is 6.20 Å². The summed E-state index contributed by atoms with van der Waals surface area (Å²) in [7, 11) is 0. The molecule has 0 spiro atoms. The highest BCUT2D eigenvalue weighted by Gasteiger charge is 2.47. The van der Waals surface area contributed by atoms with Gasteiger partial charge in [-0.25, -0.2) is 17.9 Å². The fourth-order valence-electron chi connectivity index (χ4n) is 3.86. The maximum Gasteiger partial charge on any atom is 0.194 e. The molecule has 6 atom stereocenters. The van der Waals surface area contributed by atoms with Crippen molar-refractivity contribution in [2.24, 2.45) is 0 Å². The van der Waals surface area contributed by atoms with E-state index in [0.29, 0.717) is 0 Å². The van der Waals surface area contributed by atoms with E-state index in [9.17, 15) is 33.6 Å². The zero-order chi connectivity index (χ0) is 25.3. The lowest BCUT2D eigenvalue weighted by Crippen LogP contribution is -2.55. The largest absolute Gasteiger partial charge is 0.395 e. The van der Waals surface area contributed by atoms with E-state index in [4.69, 9.17) is 4.74 Å². The van der Waals surface area contributed by atoms with Gasteiger partial charge in [-0.3, -0.25) is 0 Å². The van der Waals surface area contributed by atoms with E-state index in [0.717, 1.165) is 38.6 Å². The van der Waals surface area contributed by atoms with E-state index in [-0.39, 0.29) is 17.9 Å². The molecule has 2 heterocycles. The number of nitrogens with zero attached hydrogens (tertiary/aromatic N) is 3. The molecule has 1 aromatic heterocycles. The van der Waals surface area contributed by atoms with Crippen molar-refractivity contribution >= 4 is 27.7 Å². The van der Waals surface area contributed by atoms with Gasteiger partial charge >= 0.3 is 0 Å². The molecule has 188 valence electrons. The number of aliphatic hydroxyl groups excluding tert-OH is 4. The average Bonchev–Trinajstić information content (AvgIpc) is 3.32. The van der Waals surface area contributed by atoms with E-state index in [2.05, 4.69) is 26.2 Å². The van der Waals surface area contributed by atoms with Gasteiger partial charge in [0.25, 0.3) is 0 Å². The van der Waals surface area contributed by atoms with Crippen molar-refractivity contribution in [2.45, 2.75) is 35.0 Å². The minimum Gasteiger partial charge on any atom is -0.395 e. The quantitative estimate of drug-likeness (QED) is 0.317. The second-order valence-electron chi connectivity index (χ2n) is 7.86. The third-order valence-corrected chi connectivity index (χ3v) is 7.77. The molecule has 0 unspecified atom stereocenters. The monoisotopic (exact) mass is 575 g/mol. The van der Waals surface area contributed by atoms with Crippen molar-refractivity contribution < 1.29 is 38.3 Å². The van der Waals surface area contributed by atoms with Gasteiger partial charge in [-0.15, -0.1) is 16.9 Å². The molecule has 1 aliphatic rings. The number of aliphatic hydroxyl groups is 4. The second-order valence-corrected chi connectivity index (χ2v) is 10.0. The number of hydrogen-bond acceptors (Lipinski definition) is 8. The standard InChI is InChI=1S/C22H21BrF3N3O5S/c23-12-4-2-1-3-11(12)17(9-31)35-22-21(33)19(20(32)16(8-30)34-22)29-7-15(27-28-29)10-5-13(24)18(26)14(25)6-10/h1-7,16-17,19-22,30-33H,8-9H2/t16-,17+,19+,20+,21-,22+/m1/s1. The predicted octanol–water partition coefficient (Wildman–Crippen LogP) is 2.57. The van der Waals surface area contributed by atoms with Crippen LogP contribution in [0.15, 0.2) is 47.1 Å². The number of benzene rings is 2. The Morgan fingerprint density at radius 2 is 1.77 bits per heavy atom. The maximum atomic E-state index is 13.7. The molecule has 2 aromatic carbocycles. The molecular weight excluding hydrogens is 555 g/mol. The van der Waals surface area contributed by atoms with Crippen LogP contribution in [0.4, 0.5) is 13.2 Å². The Labute approximate surface area is 210 Å². The summed E-state index contributed by atoms with van der Waals surface area (Å²) < 4.78 is 48.2. The summed E-state index contributed by atoms with van der Waals surface area (Å²) in [5, 5.41) is 48.8. The Hall–Kier alpha value is -2.00. The zero-order valence-corrected chi connectivity index (χ0v) is 20.3. The first-order valence-electron chi connectivity index (χ1n) is 10.4. The van der Waals surface area contributed by atoms with E-state index in [1.54, 1.807) is 18.2 Å². The molecule has 13 heteroatoms. The Bertz CT molecular complexity index is 1170. The maximum absolute atomic E-state index is 13.7. The number of rotatable bonds is 7. The van der Waals surface area contributed by atoms with Crippen molar-refractivity contribution in [1.82, 2.24) is 15.0 Å². The molecule has 3 aromatic rings. The minimum absolute atomic E-state index is 0.0279. The summed E-state index contributed by atoms with van der Waals surface area (Å²) in [5.41, 5.74) is -0.372. The summed E-state index contributed by atoms with van der Waals surface area (Å²) >= 11 is 4.53. The lowest BCUT2D eigenvalue weighted by Gasteiger charge is -2.42. The van der Waals surface area contributed by atoms with E-state index >= 15 is 0 Å². The van der Waals surface area contributed by atoms with E-state index < -0.39 is 59.1 Å². The lowest BCUT2D eigenvalue weighted by molar-refractivity contribution is -0.178. The molecular formula is C22H21BrF3N3O5S. The molecule has 1 saturated heterocycles. The molecule has 1 fully saturated rings. The Morgan fingerprint density at radius 1 is 1.09 bits per heavy atom. The molecule has 35 heavy (non-hydrogen) atoms. The van der Waals surface area contributed by atoms with Gasteiger partial charge in [-0.2, -0.15) is 0 Å². The van der Waals surface area contributed by atoms with E-state index in [1.807, 2.05) is 6.07 Å². The van der Waals surface area contributed by atoms with Crippen LogP contribution < -0.4 is 0 Å². The molecule has 0 amide bonds. The Kier molecular flexibility index (Phi) is 8.16. The van der Waals surface area contributed by atoms with Crippen molar-refractivity contribution in [3.63, 3.8) is 0 Å². The molecule has 4 rings (SSSR count). The topological polar surface area (TPSA) is 121 Å². The van der Waals surface area contributed by atoms with Gasteiger partial charge in [-0.05, 0) is 23.8 Å². The number of thioether (sulfide) groups is 1. The lowest BCUT2D eigenvalue weighted by atomic mass is 9.97. The van der Waals surface area contributed by atoms with Gasteiger partial charge in [0.1, 0.15) is 35.5 Å². The highest BCUT2D eigenvalue weighted by atomic mass is 79.9. The summed E-state index contributed by atoms with van der Waals surface area (Å²) in [6.07, 6.45) is -2.67. The van der Waals surface area contributed by atoms with Gasteiger partial charge in [0, 0.05) is 10.0 Å². The molecule has 8 nitrogen and oxygen atoms in total. The molecule has 0 bridgehead atoms. The van der Waals surface area contributed by atoms with Crippen LogP contribution in [0, 0.1) is 17.5 Å². The molecule has 4 N–H and O–H groups in total. The first-order valence-corrected chi connectivity index (χ1v) is 12.2. The summed E-state index contributed by atoms with van der Waals surface area (Å²) in [5.74, 6) is -4.43. The summed E-state index contributed by atoms with van der Waals surface area (Å²) in [4.78, 5) is 0. The van der Waals surface area contributed by atoms with Crippen LogP contribution in [0.5, 0.6) is 0 Å². The SMILES string of the molecule is OC[C@H](S[C@@H]1O[C@H](CO)[C@H](O)[C@H](n2cc(-c3cc(F)c(F)c(F)c3)nn2)[C@H]1O)c1ccccc1Br. The first-order chi connectivity index (χ1) is 16.7. The van der Waals surface area contributed by atoms with Crippen molar-refractivity contribution in [1.29, 1.82) is 0 Å². The van der Waals surface area contributed by atoms with Gasteiger partial charge in [-0.1, -0.05) is 39.3 Å². The van der Waals surface area contributed by atoms with Crippen LogP contribution >= 0.6 is 27.7 Å². The fourth-order valence-corrected chi connectivity index (χ4v) is 5.87. The van der Waals surface area contributed by atoms with Crippen molar-refractivity contribution in [3.8, 4) is 11.3 Å². The van der Waals surface area contributed by atoms with Crippen molar-refractivity contribution in [3.05, 3.63) is 70.1 Å². The van der Waals surface area contributed by atoms with Crippen LogP contribution in [0.1, 0.15) is 16.9 Å². The first kappa shape index (κ1) is 26.1. The van der Waals surface area contributed by atoms with Crippen LogP contribution in [-0.2, 0) is 4.74 Å². The van der Waals surface area contributed by atoms with Crippen LogP contribution in [-0.4, -0.2) is 72.4 Å². The molecule has 0 radical (unpaired) electrons. The van der Waals surface area contributed by atoms with Crippen molar-refractivity contribution in [2.75, 3.05) is 13.2 Å². The predicted molar refractivity (Wildman–Crippen MR) is 124 cm³/mol. The zero-order valence-electron chi connectivity index (χ0n) is 17.9. The summed E-state index contributed by atoms with van der Waals surface area (Å²) in [6, 6.07) is 7.56. The normalized spacial score (nSPS) is 25.5. The van der Waals surface area contributed by atoms with Gasteiger partial charge in [0.2, 0.25) is 0 Å². The Balaban J connectivity index is 1.63. The van der Waals surface area contributed by atoms with Gasteiger partial charge in [0.15, 0.2) is 17.5 Å². The van der Waals surface area contributed by atoms with Gasteiger partial charge < -0.3 is 25.2 Å². The highest BCUT2D eigenvalue weighted by molar-refractivity contribution is 9.10. The summed E-state index contributed by atoms with van der Waals surface area (Å²) in [6.45, 7) is -0.859. The third-order valence-electron chi connectivity index (χ3n) is 5.66. The number of ether oxygens (including phenoxy) is 1. The fraction of sp³-hybridized carbons (Fsp3) is 0.364. The third kappa shape index (κ3) is 5.26. The number of hydrogen-bond donors (Lipinski definition) is 4. The minimum atomic E-state index is -1.62. The second kappa shape index (κ2) is 10.9. The molecule has 0 aliphatic carbocycles. The van der Waals surface area contributed by atoms with Gasteiger partial charge in [0.05, 0.1) is 24.7 Å². The average molecular weight is 576 g/mol. The smallest absolute Gasteiger partial charge is 0.194 e. The number of aromatic nitrogens is 3. The molecule has 1 aliphatic heterocycles.